The summed E-state index contributed by atoms with van der Waals surface area (Å²) < 4.78 is 5.61. The summed E-state index contributed by atoms with van der Waals surface area (Å²) in [6, 6.07) is 4.24. The molecule has 4 heteroatoms. The molecule has 1 aromatic heterocycles. The van der Waals surface area contributed by atoms with Crippen LogP contribution in [-0.2, 0) is 11.3 Å². The van der Waals surface area contributed by atoms with Crippen molar-refractivity contribution in [1.29, 1.82) is 0 Å². The van der Waals surface area contributed by atoms with Crippen molar-refractivity contribution in [3.63, 3.8) is 0 Å². The van der Waals surface area contributed by atoms with E-state index in [2.05, 4.69) is 34.3 Å². The highest BCUT2D eigenvalue weighted by Crippen LogP contribution is 2.26. The first kappa shape index (κ1) is 13.3. The Bertz CT molecular complexity index is 379. The molecule has 1 unspecified atom stereocenters. The Morgan fingerprint density at radius 1 is 1.50 bits per heavy atom. The minimum Gasteiger partial charge on any atom is -0.377 e. The molecule has 100 valence electrons. The number of anilines is 1. The van der Waals surface area contributed by atoms with Crippen molar-refractivity contribution in [2.24, 2.45) is 0 Å². The summed E-state index contributed by atoms with van der Waals surface area (Å²) in [5.74, 6) is 1.05. The van der Waals surface area contributed by atoms with Crippen LogP contribution in [-0.4, -0.2) is 37.8 Å². The van der Waals surface area contributed by atoms with Gasteiger partial charge in [0, 0.05) is 32.9 Å². The van der Waals surface area contributed by atoms with E-state index in [1.54, 1.807) is 7.11 Å². The molecule has 1 atom stereocenters. The lowest BCUT2D eigenvalue weighted by atomic mass is 9.95. The van der Waals surface area contributed by atoms with Crippen LogP contribution in [0.25, 0.3) is 0 Å². The van der Waals surface area contributed by atoms with E-state index in [-0.39, 0.29) is 5.60 Å². The van der Waals surface area contributed by atoms with Gasteiger partial charge in [0.15, 0.2) is 0 Å². The molecule has 1 aromatic rings. The summed E-state index contributed by atoms with van der Waals surface area (Å²) in [6.07, 6.45) is 4.23. The van der Waals surface area contributed by atoms with E-state index in [4.69, 9.17) is 4.74 Å². The third-order valence-electron chi connectivity index (χ3n) is 3.67. The number of nitrogens with zero attached hydrogens (tertiary/aromatic N) is 2. The van der Waals surface area contributed by atoms with E-state index >= 15 is 0 Å². The van der Waals surface area contributed by atoms with E-state index in [9.17, 15) is 0 Å². The van der Waals surface area contributed by atoms with Gasteiger partial charge in [-0.25, -0.2) is 4.98 Å². The normalized spacial score (nSPS) is 24.3. The smallest absolute Gasteiger partial charge is 0.128 e. The molecule has 1 aliphatic heterocycles. The van der Waals surface area contributed by atoms with Crippen molar-refractivity contribution < 1.29 is 4.74 Å². The summed E-state index contributed by atoms with van der Waals surface area (Å²) in [5, 5.41) is 3.13. The fourth-order valence-electron chi connectivity index (χ4n) is 2.48. The molecule has 0 bridgehead atoms. The zero-order valence-electron chi connectivity index (χ0n) is 11.6. The van der Waals surface area contributed by atoms with Crippen LogP contribution in [0.15, 0.2) is 18.3 Å². The Kier molecular flexibility index (Phi) is 4.19. The van der Waals surface area contributed by atoms with Gasteiger partial charge in [0.2, 0.25) is 0 Å². The van der Waals surface area contributed by atoms with Crippen molar-refractivity contribution in [3.8, 4) is 0 Å². The summed E-state index contributed by atoms with van der Waals surface area (Å²) in [4.78, 5) is 6.87. The summed E-state index contributed by atoms with van der Waals surface area (Å²) >= 11 is 0. The molecule has 1 saturated heterocycles. The molecule has 2 rings (SSSR count). The van der Waals surface area contributed by atoms with E-state index in [1.165, 1.54) is 5.56 Å². The van der Waals surface area contributed by atoms with Crippen LogP contribution in [0.1, 0.15) is 25.3 Å². The quantitative estimate of drug-likeness (QED) is 0.883. The van der Waals surface area contributed by atoms with Crippen LogP contribution in [0, 0.1) is 0 Å². The van der Waals surface area contributed by atoms with Gasteiger partial charge in [-0.05, 0) is 38.4 Å². The molecule has 1 fully saturated rings. The van der Waals surface area contributed by atoms with Gasteiger partial charge in [-0.15, -0.1) is 0 Å². The highest BCUT2D eigenvalue weighted by molar-refractivity contribution is 5.40. The topological polar surface area (TPSA) is 37.4 Å². The molecule has 0 saturated carbocycles. The average Bonchev–Trinajstić information content (AvgIpc) is 2.40. The Morgan fingerprint density at radius 2 is 2.33 bits per heavy atom. The molecule has 2 heterocycles. The van der Waals surface area contributed by atoms with Gasteiger partial charge in [-0.1, -0.05) is 6.07 Å². The molecule has 1 aliphatic rings. The van der Waals surface area contributed by atoms with Crippen LogP contribution >= 0.6 is 0 Å². The van der Waals surface area contributed by atoms with E-state index in [0.717, 1.165) is 38.3 Å². The Balaban J connectivity index is 2.06. The van der Waals surface area contributed by atoms with Gasteiger partial charge in [0.1, 0.15) is 5.82 Å². The number of ether oxygens (including phenoxy) is 1. The summed E-state index contributed by atoms with van der Waals surface area (Å²) in [6.45, 7) is 5.02. The lowest BCUT2D eigenvalue weighted by Gasteiger charge is -2.40. The highest BCUT2D eigenvalue weighted by atomic mass is 16.5. The Morgan fingerprint density at radius 3 is 2.94 bits per heavy atom. The fraction of sp³-hybridized carbons (Fsp3) is 0.643. The van der Waals surface area contributed by atoms with Crippen LogP contribution in [0.4, 0.5) is 5.82 Å². The molecule has 18 heavy (non-hydrogen) atoms. The van der Waals surface area contributed by atoms with Crippen molar-refractivity contribution in [3.05, 3.63) is 23.9 Å². The van der Waals surface area contributed by atoms with Crippen molar-refractivity contribution >= 4 is 5.82 Å². The SMILES string of the molecule is CNCc1ccc(N2CCCC(C)(OC)C2)nc1. The molecule has 1 N–H and O–H groups in total. The zero-order valence-corrected chi connectivity index (χ0v) is 11.6. The third-order valence-corrected chi connectivity index (χ3v) is 3.67. The van der Waals surface area contributed by atoms with Gasteiger partial charge in [-0.2, -0.15) is 0 Å². The van der Waals surface area contributed by atoms with Gasteiger partial charge in [0.25, 0.3) is 0 Å². The van der Waals surface area contributed by atoms with E-state index < -0.39 is 0 Å². The molecule has 4 nitrogen and oxygen atoms in total. The maximum absolute atomic E-state index is 5.61. The number of piperidine rings is 1. The standard InChI is InChI=1S/C14H23N3O/c1-14(18-3)7-4-8-17(11-14)13-6-5-12(9-15-2)10-16-13/h5-6,10,15H,4,7-9,11H2,1-3H3. The van der Waals surface area contributed by atoms with Crippen LogP contribution in [0.2, 0.25) is 0 Å². The van der Waals surface area contributed by atoms with Gasteiger partial charge >= 0.3 is 0 Å². The molecule has 0 aliphatic carbocycles. The minimum atomic E-state index is -0.0381. The first-order chi connectivity index (χ1) is 8.67. The highest BCUT2D eigenvalue weighted by Gasteiger charge is 2.31. The number of nitrogens with one attached hydrogen (secondary N) is 1. The zero-order chi connectivity index (χ0) is 13.0. The minimum absolute atomic E-state index is 0.0381. The molecule has 0 radical (unpaired) electrons. The first-order valence-corrected chi connectivity index (χ1v) is 6.56. The largest absolute Gasteiger partial charge is 0.377 e. The summed E-state index contributed by atoms with van der Waals surface area (Å²) in [7, 11) is 3.75. The van der Waals surface area contributed by atoms with Crippen molar-refractivity contribution in [2.75, 3.05) is 32.1 Å². The number of methoxy groups -OCH3 is 1. The Hall–Kier alpha value is -1.13. The first-order valence-electron chi connectivity index (χ1n) is 6.56. The lowest BCUT2D eigenvalue weighted by Crippen LogP contribution is -2.47. The molecule has 0 aromatic carbocycles. The predicted octanol–water partition coefficient (Wildman–Crippen LogP) is 1.81. The lowest BCUT2D eigenvalue weighted by molar-refractivity contribution is -0.00481. The third kappa shape index (κ3) is 3.00. The number of hydrogen-bond donors (Lipinski definition) is 1. The van der Waals surface area contributed by atoms with Gasteiger partial charge in [0.05, 0.1) is 5.60 Å². The number of hydrogen-bond acceptors (Lipinski definition) is 4. The second kappa shape index (κ2) is 5.67. The van der Waals surface area contributed by atoms with Gasteiger partial charge in [-0.3, -0.25) is 0 Å². The van der Waals surface area contributed by atoms with E-state index in [1.807, 2.05) is 13.2 Å². The van der Waals surface area contributed by atoms with Crippen LogP contribution in [0.5, 0.6) is 0 Å². The molecular weight excluding hydrogens is 226 g/mol. The molecular formula is C14H23N3O. The molecule has 0 amide bonds. The monoisotopic (exact) mass is 249 g/mol. The maximum Gasteiger partial charge on any atom is 0.128 e. The van der Waals surface area contributed by atoms with E-state index in [0.29, 0.717) is 0 Å². The predicted molar refractivity (Wildman–Crippen MR) is 73.9 cm³/mol. The maximum atomic E-state index is 5.61. The number of pyridine rings is 1. The Labute approximate surface area is 109 Å². The summed E-state index contributed by atoms with van der Waals surface area (Å²) in [5.41, 5.74) is 1.18. The van der Waals surface area contributed by atoms with Crippen LogP contribution in [0.3, 0.4) is 0 Å². The second-order valence-corrected chi connectivity index (χ2v) is 5.23. The van der Waals surface area contributed by atoms with Crippen LogP contribution < -0.4 is 10.2 Å². The fourth-order valence-corrected chi connectivity index (χ4v) is 2.48. The number of rotatable bonds is 4. The van der Waals surface area contributed by atoms with Gasteiger partial charge < -0.3 is 15.0 Å². The molecule has 0 spiro atoms. The van der Waals surface area contributed by atoms with Crippen molar-refractivity contribution in [1.82, 2.24) is 10.3 Å². The van der Waals surface area contributed by atoms with Crippen molar-refractivity contribution in [2.45, 2.75) is 31.9 Å². The number of aromatic nitrogens is 1. The second-order valence-electron chi connectivity index (χ2n) is 5.23. The average molecular weight is 249 g/mol.